The van der Waals surface area contributed by atoms with Crippen LogP contribution in [0.3, 0.4) is 0 Å². The zero-order valence-corrected chi connectivity index (χ0v) is 12.9. The van der Waals surface area contributed by atoms with Crippen LogP contribution in [0.1, 0.15) is 24.2 Å². The van der Waals surface area contributed by atoms with Crippen LogP contribution in [-0.4, -0.2) is 31.4 Å². The molecule has 0 radical (unpaired) electrons. The zero-order valence-electron chi connectivity index (χ0n) is 12.9. The third kappa shape index (κ3) is 4.12. The molecule has 0 aliphatic carbocycles. The monoisotopic (exact) mass is 346 g/mol. The summed E-state index contributed by atoms with van der Waals surface area (Å²) in [7, 11) is 0.871. The van der Waals surface area contributed by atoms with E-state index in [9.17, 15) is 27.6 Å². The van der Waals surface area contributed by atoms with E-state index in [0.717, 1.165) is 14.0 Å². The minimum atomic E-state index is -1.63. The topological polar surface area (TPSA) is 78.9 Å². The van der Waals surface area contributed by atoms with E-state index in [1.807, 2.05) is 0 Å². The first-order valence-electron chi connectivity index (χ1n) is 6.55. The number of carbonyl (C=O) groups is 3. The first-order valence-corrected chi connectivity index (χ1v) is 6.55. The first-order chi connectivity index (χ1) is 11.2. The Balaban J connectivity index is 3.43. The van der Waals surface area contributed by atoms with E-state index in [1.54, 1.807) is 0 Å². The van der Waals surface area contributed by atoms with Crippen molar-refractivity contribution in [1.82, 2.24) is 0 Å². The Morgan fingerprint density at radius 3 is 2.29 bits per heavy atom. The maximum atomic E-state index is 14.1. The second-order valence-corrected chi connectivity index (χ2v) is 4.26. The summed E-state index contributed by atoms with van der Waals surface area (Å²) in [5, 5.41) is 0. The van der Waals surface area contributed by atoms with Gasteiger partial charge in [0.1, 0.15) is 11.8 Å². The summed E-state index contributed by atoms with van der Waals surface area (Å²) in [5.41, 5.74) is -1.86. The fourth-order valence-electron chi connectivity index (χ4n) is 1.62. The molecule has 0 bridgehead atoms. The molecule has 9 heteroatoms. The van der Waals surface area contributed by atoms with E-state index >= 15 is 0 Å². The van der Waals surface area contributed by atoms with Crippen molar-refractivity contribution < 1.29 is 41.8 Å². The highest BCUT2D eigenvalue weighted by atomic mass is 19.2. The van der Waals surface area contributed by atoms with E-state index in [0.29, 0.717) is 6.26 Å². The van der Waals surface area contributed by atoms with Gasteiger partial charge >= 0.3 is 11.9 Å². The van der Waals surface area contributed by atoms with E-state index in [-0.39, 0.29) is 12.7 Å². The molecule has 130 valence electrons. The molecule has 24 heavy (non-hydrogen) atoms. The summed E-state index contributed by atoms with van der Waals surface area (Å²) >= 11 is 0. The molecule has 0 aliphatic heterocycles. The second kappa shape index (κ2) is 8.14. The van der Waals surface area contributed by atoms with Gasteiger partial charge in [0.05, 0.1) is 19.3 Å². The maximum absolute atomic E-state index is 14.1. The van der Waals surface area contributed by atoms with Crippen molar-refractivity contribution in [2.45, 2.75) is 13.8 Å². The highest BCUT2D eigenvalue weighted by Crippen LogP contribution is 2.28. The minimum Gasteiger partial charge on any atom is -0.491 e. The number of Topliss-reactive ketones (excluding diaryl/α,β-unsaturated/α-hetero) is 1. The van der Waals surface area contributed by atoms with Crippen molar-refractivity contribution >= 4 is 17.7 Å². The van der Waals surface area contributed by atoms with Crippen LogP contribution < -0.4 is 4.74 Å². The number of ketones is 1. The largest absolute Gasteiger partial charge is 0.491 e. The van der Waals surface area contributed by atoms with Crippen molar-refractivity contribution in [1.29, 1.82) is 0 Å². The van der Waals surface area contributed by atoms with Gasteiger partial charge in [0.15, 0.2) is 17.4 Å². The van der Waals surface area contributed by atoms with Gasteiger partial charge in [0.2, 0.25) is 11.6 Å². The second-order valence-electron chi connectivity index (χ2n) is 4.26. The summed E-state index contributed by atoms with van der Waals surface area (Å²) in [4.78, 5) is 34.9. The van der Waals surface area contributed by atoms with E-state index < -0.39 is 52.1 Å². The molecule has 6 nitrogen and oxygen atoms in total. The van der Waals surface area contributed by atoms with Gasteiger partial charge in [-0.05, 0) is 13.0 Å². The van der Waals surface area contributed by atoms with Crippen LogP contribution in [-0.2, 0) is 19.1 Å². The van der Waals surface area contributed by atoms with Gasteiger partial charge in [0.25, 0.3) is 0 Å². The number of ether oxygens (including phenoxy) is 3. The van der Waals surface area contributed by atoms with Gasteiger partial charge in [-0.2, -0.15) is 4.39 Å². The van der Waals surface area contributed by atoms with Crippen molar-refractivity contribution in [3.63, 3.8) is 0 Å². The van der Waals surface area contributed by atoms with Gasteiger partial charge in [-0.3, -0.25) is 9.59 Å². The van der Waals surface area contributed by atoms with Gasteiger partial charge in [-0.1, -0.05) is 0 Å². The van der Waals surface area contributed by atoms with Crippen LogP contribution in [0.5, 0.6) is 5.75 Å². The van der Waals surface area contributed by atoms with Crippen LogP contribution in [0.4, 0.5) is 13.2 Å². The van der Waals surface area contributed by atoms with Crippen LogP contribution in [0.15, 0.2) is 17.9 Å². The van der Waals surface area contributed by atoms with Crippen molar-refractivity contribution in [3.8, 4) is 5.75 Å². The molecule has 1 rings (SSSR count). The first kappa shape index (κ1) is 19.2. The summed E-state index contributed by atoms with van der Waals surface area (Å²) in [6, 6.07) is 0.260. The predicted octanol–water partition coefficient (Wildman–Crippen LogP) is 2.31. The van der Waals surface area contributed by atoms with Gasteiger partial charge < -0.3 is 14.2 Å². The Kier molecular flexibility index (Phi) is 6.51. The summed E-state index contributed by atoms with van der Waals surface area (Å²) in [6.45, 7) is 2.30. The van der Waals surface area contributed by atoms with E-state index in [4.69, 9.17) is 0 Å². The van der Waals surface area contributed by atoms with Crippen LogP contribution in [0, 0.1) is 17.5 Å². The molecule has 1 aromatic rings. The zero-order chi connectivity index (χ0) is 18.4. The Morgan fingerprint density at radius 1 is 1.17 bits per heavy atom. The van der Waals surface area contributed by atoms with Crippen molar-refractivity contribution in [2.75, 3.05) is 13.7 Å². The minimum absolute atomic E-state index is 0.132. The molecule has 0 aliphatic rings. The van der Waals surface area contributed by atoms with Crippen molar-refractivity contribution in [2.24, 2.45) is 0 Å². The molecule has 0 saturated heterocycles. The average molecular weight is 346 g/mol. The number of rotatable bonds is 6. The van der Waals surface area contributed by atoms with Crippen LogP contribution >= 0.6 is 0 Å². The molecule has 0 heterocycles. The highest BCUT2D eigenvalue weighted by molar-refractivity contribution is 6.24. The fraction of sp³-hybridized carbons (Fsp3) is 0.267. The van der Waals surface area contributed by atoms with E-state index in [1.165, 1.54) is 6.92 Å². The summed E-state index contributed by atoms with van der Waals surface area (Å²) in [6.07, 6.45) is 0.454. The normalized spacial score (nSPS) is 11.0. The van der Waals surface area contributed by atoms with Crippen LogP contribution in [0.2, 0.25) is 0 Å². The quantitative estimate of drug-likeness (QED) is 0.150. The lowest BCUT2D eigenvalue weighted by Gasteiger charge is -2.10. The van der Waals surface area contributed by atoms with Gasteiger partial charge in [0, 0.05) is 6.92 Å². The molecule has 0 aromatic heterocycles. The third-order valence-corrected chi connectivity index (χ3v) is 2.65. The lowest BCUT2D eigenvalue weighted by molar-refractivity contribution is -0.138. The predicted molar refractivity (Wildman–Crippen MR) is 73.7 cm³/mol. The Morgan fingerprint density at radius 2 is 1.79 bits per heavy atom. The van der Waals surface area contributed by atoms with Gasteiger partial charge in [-0.15, -0.1) is 0 Å². The number of hydrogen-bond acceptors (Lipinski definition) is 6. The fourth-order valence-corrected chi connectivity index (χ4v) is 1.62. The number of benzene rings is 1. The molecule has 0 N–H and O–H groups in total. The smallest absolute Gasteiger partial charge is 0.345 e. The number of hydrogen-bond donors (Lipinski definition) is 0. The molecule has 0 spiro atoms. The highest BCUT2D eigenvalue weighted by Gasteiger charge is 2.29. The molecule has 0 unspecified atom stereocenters. The van der Waals surface area contributed by atoms with Crippen molar-refractivity contribution in [3.05, 3.63) is 40.9 Å². The lowest BCUT2D eigenvalue weighted by atomic mass is 10.0. The summed E-state index contributed by atoms with van der Waals surface area (Å²) < 4.78 is 54.4. The molecule has 0 fully saturated rings. The molecular formula is C15H13F3O6. The number of halogens is 3. The van der Waals surface area contributed by atoms with E-state index in [2.05, 4.69) is 14.2 Å². The standard InChI is InChI=1S/C15H13F3O6/c1-4-23-15(21)9(6-24-7(2)19)13(20)8-5-10(16)12(18)14(22-3)11(8)17/h5-6H,4H2,1-3H3/b9-6-. The summed E-state index contributed by atoms with van der Waals surface area (Å²) in [5.74, 6) is -9.31. The SMILES string of the molecule is CCOC(=O)/C(=C\OC(C)=O)C(=O)c1cc(F)c(F)c(OC)c1F. The average Bonchev–Trinajstić information content (AvgIpc) is 2.51. The number of methoxy groups -OCH3 is 1. The van der Waals surface area contributed by atoms with Crippen LogP contribution in [0.25, 0.3) is 0 Å². The molecule has 0 atom stereocenters. The molecule has 0 amide bonds. The number of esters is 2. The number of carbonyl (C=O) groups excluding carboxylic acids is 3. The Labute approximate surface area is 134 Å². The molecule has 1 aromatic carbocycles. The Bertz CT molecular complexity index is 712. The third-order valence-electron chi connectivity index (χ3n) is 2.65. The van der Waals surface area contributed by atoms with Gasteiger partial charge in [-0.25, -0.2) is 13.6 Å². The lowest BCUT2D eigenvalue weighted by Crippen LogP contribution is -2.19. The molecular weight excluding hydrogens is 333 g/mol. The Hall–Kier alpha value is -2.84. The molecule has 0 saturated carbocycles. The maximum Gasteiger partial charge on any atom is 0.345 e.